The third-order valence-corrected chi connectivity index (χ3v) is 15.3. The molecule has 2 aliphatic heterocycles. The van der Waals surface area contributed by atoms with Gasteiger partial charge in [-0.2, -0.15) is 0 Å². The van der Waals surface area contributed by atoms with Crippen molar-refractivity contribution < 1.29 is 50.3 Å². The maximum absolute atomic E-state index is 13.3. The molecule has 0 spiro atoms. The average molecular weight is 902 g/mol. The highest BCUT2D eigenvalue weighted by Crippen LogP contribution is 2.46. The molecule has 2 aliphatic rings. The maximum Gasteiger partial charge on any atom is 0.221 e. The van der Waals surface area contributed by atoms with Crippen LogP contribution in [0.15, 0.2) is 12.7 Å². The van der Waals surface area contributed by atoms with Gasteiger partial charge >= 0.3 is 0 Å². The van der Waals surface area contributed by atoms with Crippen molar-refractivity contribution in [2.45, 2.75) is 205 Å². The van der Waals surface area contributed by atoms with Crippen molar-refractivity contribution in [1.29, 1.82) is 0 Å². The minimum Gasteiger partial charge on any atom is -0.415 e. The van der Waals surface area contributed by atoms with Crippen LogP contribution in [0.4, 0.5) is 0 Å². The van der Waals surface area contributed by atoms with Crippen LogP contribution >= 0.6 is 0 Å². The van der Waals surface area contributed by atoms with Crippen LogP contribution in [-0.4, -0.2) is 137 Å². The number of aliphatic hydroxyl groups is 1. The van der Waals surface area contributed by atoms with Crippen molar-refractivity contribution in [1.82, 2.24) is 0 Å². The summed E-state index contributed by atoms with van der Waals surface area (Å²) in [6, 6.07) is 0. The first-order chi connectivity index (χ1) is 24.4. The van der Waals surface area contributed by atoms with Gasteiger partial charge in [-0.25, -0.2) is 0 Å². The van der Waals surface area contributed by atoms with Gasteiger partial charge in [-0.3, -0.25) is 0 Å². The van der Waals surface area contributed by atoms with E-state index in [1.165, 1.54) is 0 Å². The predicted octanol–water partition coefficient (Wildman–Crippen LogP) is 8.96. The molecule has 55 heavy (non-hydrogen) atoms. The van der Waals surface area contributed by atoms with Gasteiger partial charge in [0.15, 0.2) is 64.5 Å². The third-order valence-electron chi connectivity index (χ3n) is 8.39. The first kappa shape index (κ1) is 52.0. The molecule has 1 N–H and O–H groups in total. The van der Waals surface area contributed by atoms with Gasteiger partial charge in [-0.15, -0.1) is 6.58 Å². The van der Waals surface area contributed by atoms with Crippen molar-refractivity contribution in [3.05, 3.63) is 12.7 Å². The van der Waals surface area contributed by atoms with E-state index in [1.807, 2.05) is 6.08 Å². The Morgan fingerprint density at radius 1 is 0.545 bits per heavy atom. The molecule has 326 valence electrons. The summed E-state index contributed by atoms with van der Waals surface area (Å²) < 4.78 is 69.9. The number of hydrogen-bond acceptors (Lipinski definition) is 11. The molecule has 0 amide bonds. The Balaban J connectivity index is 3.00. The van der Waals surface area contributed by atoms with Gasteiger partial charge in [-0.1, -0.05) is 6.08 Å². The van der Waals surface area contributed by atoms with Gasteiger partial charge < -0.3 is 50.3 Å². The summed E-state index contributed by atoms with van der Waals surface area (Å²) in [5.41, 5.74) is -1.53. The van der Waals surface area contributed by atoms with Crippen LogP contribution < -0.4 is 0 Å². The lowest BCUT2D eigenvalue weighted by Crippen LogP contribution is -2.73. The normalized spacial score (nSPS) is 31.9. The zero-order chi connectivity index (χ0) is 42.9. The van der Waals surface area contributed by atoms with E-state index in [-0.39, 0.29) is 13.2 Å². The summed E-state index contributed by atoms with van der Waals surface area (Å²) in [4.78, 5) is 0. The molecule has 0 aliphatic carbocycles. The lowest BCUT2D eigenvalue weighted by atomic mass is 9.80. The number of ether oxygens (including phenoxy) is 3. The fraction of sp³-hybridized carbons (Fsp3) is 0.946. The zero-order valence-electron chi connectivity index (χ0n) is 38.9. The number of hydrogen-bond donors (Lipinski definition) is 1. The van der Waals surface area contributed by atoms with Crippen molar-refractivity contribution >= 4 is 58.2 Å². The molecule has 0 aromatic heterocycles. The van der Waals surface area contributed by atoms with E-state index in [0.29, 0.717) is 19.4 Å². The van der Waals surface area contributed by atoms with E-state index in [4.69, 9.17) is 45.2 Å². The lowest BCUT2D eigenvalue weighted by molar-refractivity contribution is -0.391. The average Bonchev–Trinajstić information content (AvgIpc) is 3.19. The van der Waals surface area contributed by atoms with Crippen LogP contribution in [0, 0.1) is 0 Å². The SMILES string of the molecule is C=CCC[C@@]1(O)[C@H](O[Si](C)(C)C)[C@@H](CO[Si](C)(C)C)O[C@H](O[C@]2(CO[Si](C)(C)C)O[C@H](CO[Si](C)(C)C)[C@@H](O[Si](C)(C)C)[C@@H]2O[Si](C)(C)C)[C@@H]1O[Si](C)(C)C. The summed E-state index contributed by atoms with van der Waals surface area (Å²) in [5.74, 6) is -1.50. The predicted molar refractivity (Wildman–Crippen MR) is 243 cm³/mol. The molecule has 0 unspecified atom stereocenters. The highest BCUT2D eigenvalue weighted by atomic mass is 28.4. The highest BCUT2D eigenvalue weighted by molar-refractivity contribution is 6.72. The standard InChI is InChI=1S/C37H84O11Si7/c1-23-24-25-36(38)32(46-53(14,15)16)30(27-40-50(5,6)7)42-35(34(36)48-55(20,21)22)44-37(28-41-51(8,9)10)33(47-54(17,18)19)31(45-52(11,12)13)29(43-37)26-39-49(2,3)4/h23,29-35,38H,1,24-28H2,2-22H3/t29-,30-,31-,32-,33+,34+,35-,36-,37+/m1/s1. The van der Waals surface area contributed by atoms with Crippen molar-refractivity contribution in [2.75, 3.05) is 19.8 Å². The molecule has 18 heteroatoms. The Kier molecular flexibility index (Phi) is 17.8. The van der Waals surface area contributed by atoms with Crippen LogP contribution in [0.25, 0.3) is 0 Å². The molecule has 2 rings (SSSR count). The van der Waals surface area contributed by atoms with Crippen molar-refractivity contribution in [2.24, 2.45) is 0 Å². The summed E-state index contributed by atoms with van der Waals surface area (Å²) in [5, 5.41) is 13.3. The monoisotopic (exact) mass is 900 g/mol. The number of rotatable bonds is 22. The lowest BCUT2D eigenvalue weighted by Gasteiger charge is -2.55. The van der Waals surface area contributed by atoms with E-state index in [1.54, 1.807) is 0 Å². The molecule has 2 fully saturated rings. The van der Waals surface area contributed by atoms with Crippen LogP contribution in [0.1, 0.15) is 12.8 Å². The van der Waals surface area contributed by atoms with Gasteiger partial charge in [0.1, 0.15) is 42.2 Å². The van der Waals surface area contributed by atoms with Gasteiger partial charge in [0.2, 0.25) is 5.79 Å². The molecule has 2 heterocycles. The summed E-state index contributed by atoms with van der Waals surface area (Å²) in [7, 11) is -15.3. The van der Waals surface area contributed by atoms with Crippen molar-refractivity contribution in [3.8, 4) is 0 Å². The third kappa shape index (κ3) is 17.8. The second-order valence-corrected chi connectivity index (χ2v) is 53.7. The second kappa shape index (κ2) is 18.8. The van der Waals surface area contributed by atoms with Gasteiger partial charge in [0.05, 0.1) is 19.8 Å². The first-order valence-electron chi connectivity index (χ1n) is 20.4. The van der Waals surface area contributed by atoms with E-state index in [0.717, 1.165) is 0 Å². The van der Waals surface area contributed by atoms with Crippen LogP contribution in [0.5, 0.6) is 0 Å². The molecule has 2 saturated heterocycles. The van der Waals surface area contributed by atoms with E-state index in [2.05, 4.69) is 144 Å². The molecule has 0 bridgehead atoms. The van der Waals surface area contributed by atoms with Crippen LogP contribution in [-0.2, 0) is 45.2 Å². The Bertz CT molecular complexity index is 1220. The topological polar surface area (TPSA) is 113 Å². The van der Waals surface area contributed by atoms with E-state index >= 15 is 0 Å². The minimum absolute atomic E-state index is 0.0718. The van der Waals surface area contributed by atoms with Crippen LogP contribution in [0.2, 0.25) is 137 Å². The Morgan fingerprint density at radius 3 is 1.38 bits per heavy atom. The molecular formula is C37H84O11Si7. The number of allylic oxidation sites excluding steroid dienone is 1. The molecular weight excluding hydrogens is 817 g/mol. The fourth-order valence-electron chi connectivity index (χ4n) is 6.44. The van der Waals surface area contributed by atoms with Crippen molar-refractivity contribution in [3.63, 3.8) is 0 Å². The smallest absolute Gasteiger partial charge is 0.221 e. The summed E-state index contributed by atoms with van der Waals surface area (Å²) >= 11 is 0. The van der Waals surface area contributed by atoms with E-state index < -0.39 is 113 Å². The Hall–Kier alpha value is 0.818. The summed E-state index contributed by atoms with van der Waals surface area (Å²) in [6.45, 7) is 49.8. The van der Waals surface area contributed by atoms with Gasteiger partial charge in [-0.05, 0) is 150 Å². The minimum atomic E-state index is -2.39. The van der Waals surface area contributed by atoms with Gasteiger partial charge in [0.25, 0.3) is 0 Å². The largest absolute Gasteiger partial charge is 0.415 e. The molecule has 0 saturated carbocycles. The summed E-state index contributed by atoms with van der Waals surface area (Å²) in [6.07, 6.45) is -2.50. The Morgan fingerprint density at radius 2 is 0.964 bits per heavy atom. The molecule has 0 aromatic carbocycles. The molecule has 9 atom stereocenters. The zero-order valence-corrected chi connectivity index (χ0v) is 45.9. The second-order valence-electron chi connectivity index (χ2n) is 22.3. The maximum atomic E-state index is 13.3. The fourth-order valence-corrected chi connectivity index (χ4v) is 12.8. The van der Waals surface area contributed by atoms with E-state index in [9.17, 15) is 5.11 Å². The van der Waals surface area contributed by atoms with Crippen LogP contribution in [0.3, 0.4) is 0 Å². The molecule has 0 radical (unpaired) electrons. The van der Waals surface area contributed by atoms with Gasteiger partial charge in [0, 0.05) is 0 Å². The molecule has 0 aromatic rings. The quantitative estimate of drug-likeness (QED) is 0.0831. The Labute approximate surface area is 344 Å². The molecule has 11 nitrogen and oxygen atoms in total. The highest BCUT2D eigenvalue weighted by Gasteiger charge is 2.65. The first-order valence-corrected chi connectivity index (χ1v) is 44.2.